The predicted molar refractivity (Wildman–Crippen MR) is 108 cm³/mol. The molecule has 0 aliphatic rings. The molecule has 0 spiro atoms. The molecule has 29 heavy (non-hydrogen) atoms. The lowest BCUT2D eigenvalue weighted by atomic mass is 10.2. The Kier molecular flexibility index (Phi) is 5.07. The van der Waals surface area contributed by atoms with E-state index in [2.05, 4.69) is 15.4 Å². The number of hydrogen-bond acceptors (Lipinski definition) is 5. The molecule has 0 radical (unpaired) electrons. The van der Waals surface area contributed by atoms with Crippen molar-refractivity contribution < 1.29 is 9.53 Å². The van der Waals surface area contributed by atoms with Crippen LogP contribution in [-0.4, -0.2) is 32.3 Å². The van der Waals surface area contributed by atoms with Crippen LogP contribution >= 0.6 is 0 Å². The fraction of sp³-hybridized carbons (Fsp3) is 0.143. The van der Waals surface area contributed by atoms with Crippen LogP contribution in [0.5, 0.6) is 5.75 Å². The third-order valence-electron chi connectivity index (χ3n) is 4.52. The smallest absolute Gasteiger partial charge is 0.264 e. The normalized spacial score (nSPS) is 10.8. The number of carbonyl (C=O) groups excluding carboxylic acids is 1. The Morgan fingerprint density at radius 1 is 1.10 bits per heavy atom. The predicted octanol–water partition coefficient (Wildman–Crippen LogP) is 1.91. The molecular formula is C21H19N5O3. The lowest BCUT2D eigenvalue weighted by molar-refractivity contribution is -0.121. The molecule has 8 heteroatoms. The topological polar surface area (TPSA) is 91.0 Å². The van der Waals surface area contributed by atoms with E-state index < -0.39 is 0 Å². The molecule has 2 aromatic heterocycles. The molecule has 2 aromatic carbocycles. The summed E-state index contributed by atoms with van der Waals surface area (Å²) < 4.78 is 8.02. The first-order valence-corrected chi connectivity index (χ1v) is 9.04. The van der Waals surface area contributed by atoms with Gasteiger partial charge in [-0.3, -0.25) is 14.2 Å². The Balaban J connectivity index is 1.53. The number of benzene rings is 2. The number of nitrogens with zero attached hydrogens (tertiary/aromatic N) is 4. The summed E-state index contributed by atoms with van der Waals surface area (Å²) in [7, 11) is 1.60. The summed E-state index contributed by atoms with van der Waals surface area (Å²) in [5.41, 5.74) is 1.86. The molecular weight excluding hydrogens is 370 g/mol. The number of ether oxygens (including phenoxy) is 1. The summed E-state index contributed by atoms with van der Waals surface area (Å²) >= 11 is 0. The van der Waals surface area contributed by atoms with E-state index in [9.17, 15) is 9.59 Å². The van der Waals surface area contributed by atoms with Crippen molar-refractivity contribution in [3.05, 3.63) is 83.0 Å². The molecule has 0 bridgehead atoms. The van der Waals surface area contributed by atoms with Crippen LogP contribution in [0.25, 0.3) is 16.7 Å². The molecule has 4 aromatic rings. The number of carbonyl (C=O) groups is 1. The molecule has 4 rings (SSSR count). The average molecular weight is 389 g/mol. The molecule has 1 amide bonds. The van der Waals surface area contributed by atoms with Gasteiger partial charge in [-0.05, 0) is 29.8 Å². The first kappa shape index (κ1) is 18.4. The molecule has 0 aliphatic carbocycles. The largest absolute Gasteiger partial charge is 0.497 e. The highest BCUT2D eigenvalue weighted by Gasteiger charge is 2.13. The zero-order valence-electron chi connectivity index (χ0n) is 15.8. The van der Waals surface area contributed by atoms with Gasteiger partial charge in [0, 0.05) is 6.54 Å². The van der Waals surface area contributed by atoms with E-state index in [1.165, 1.54) is 17.1 Å². The fourth-order valence-corrected chi connectivity index (χ4v) is 2.98. The van der Waals surface area contributed by atoms with Crippen molar-refractivity contribution in [3.63, 3.8) is 0 Å². The number of methoxy groups -OCH3 is 1. The maximum Gasteiger partial charge on any atom is 0.264 e. The standard InChI is InChI=1S/C21H19N5O3/c1-29-17-9-7-16(8-10-17)26-20-18(12-24-26)21(28)25(14-23-20)13-19(27)22-11-15-5-3-2-4-6-15/h2-10,12,14H,11,13H2,1H3,(H,22,27). The molecule has 0 saturated carbocycles. The maximum absolute atomic E-state index is 12.8. The summed E-state index contributed by atoms with van der Waals surface area (Å²) in [6.45, 7) is 0.293. The van der Waals surface area contributed by atoms with Gasteiger partial charge in [0.15, 0.2) is 5.65 Å². The zero-order chi connectivity index (χ0) is 20.2. The molecule has 2 heterocycles. The highest BCUT2D eigenvalue weighted by atomic mass is 16.5. The highest BCUT2D eigenvalue weighted by molar-refractivity contribution is 5.77. The van der Waals surface area contributed by atoms with E-state index in [0.29, 0.717) is 17.6 Å². The molecule has 0 aliphatic heterocycles. The summed E-state index contributed by atoms with van der Waals surface area (Å²) in [5, 5.41) is 7.43. The van der Waals surface area contributed by atoms with Gasteiger partial charge in [-0.25, -0.2) is 9.67 Å². The van der Waals surface area contributed by atoms with Crippen LogP contribution in [0.2, 0.25) is 0 Å². The van der Waals surface area contributed by atoms with E-state index in [0.717, 1.165) is 17.0 Å². The molecule has 0 atom stereocenters. The Morgan fingerprint density at radius 2 is 1.86 bits per heavy atom. The monoisotopic (exact) mass is 389 g/mol. The van der Waals surface area contributed by atoms with Crippen molar-refractivity contribution in [3.8, 4) is 11.4 Å². The minimum Gasteiger partial charge on any atom is -0.497 e. The third-order valence-corrected chi connectivity index (χ3v) is 4.52. The van der Waals surface area contributed by atoms with Crippen molar-refractivity contribution in [1.82, 2.24) is 24.6 Å². The van der Waals surface area contributed by atoms with E-state index in [1.54, 1.807) is 23.9 Å². The van der Waals surface area contributed by atoms with Crippen LogP contribution in [-0.2, 0) is 17.9 Å². The van der Waals surface area contributed by atoms with Crippen molar-refractivity contribution in [1.29, 1.82) is 0 Å². The summed E-state index contributed by atoms with van der Waals surface area (Å²) in [4.78, 5) is 29.3. The molecule has 0 saturated heterocycles. The molecule has 1 N–H and O–H groups in total. The van der Waals surface area contributed by atoms with Gasteiger partial charge in [-0.1, -0.05) is 30.3 Å². The molecule has 0 fully saturated rings. The van der Waals surface area contributed by atoms with Crippen LogP contribution < -0.4 is 15.6 Å². The number of amides is 1. The first-order chi connectivity index (χ1) is 14.2. The average Bonchev–Trinajstić information content (AvgIpc) is 3.20. The van der Waals surface area contributed by atoms with Crippen molar-refractivity contribution in [2.45, 2.75) is 13.1 Å². The van der Waals surface area contributed by atoms with Gasteiger partial charge in [0.05, 0.1) is 19.0 Å². The van der Waals surface area contributed by atoms with Gasteiger partial charge in [0.1, 0.15) is 24.0 Å². The van der Waals surface area contributed by atoms with E-state index in [-0.39, 0.29) is 18.0 Å². The molecule has 8 nitrogen and oxygen atoms in total. The maximum atomic E-state index is 12.8. The Bertz CT molecular complexity index is 1200. The van der Waals surface area contributed by atoms with E-state index in [1.807, 2.05) is 42.5 Å². The summed E-state index contributed by atoms with van der Waals surface area (Å²) in [5.74, 6) is 0.460. The van der Waals surface area contributed by atoms with Crippen LogP contribution in [0.4, 0.5) is 0 Å². The SMILES string of the molecule is COc1ccc(-n2ncc3c(=O)n(CC(=O)NCc4ccccc4)cnc32)cc1. The van der Waals surface area contributed by atoms with Crippen LogP contribution in [0.1, 0.15) is 5.56 Å². The second-order valence-corrected chi connectivity index (χ2v) is 6.43. The number of rotatable bonds is 6. The first-order valence-electron chi connectivity index (χ1n) is 9.04. The van der Waals surface area contributed by atoms with Crippen LogP contribution in [0.15, 0.2) is 71.9 Å². The second kappa shape index (κ2) is 7.97. The minimum absolute atomic E-state index is 0.109. The molecule has 0 unspecified atom stereocenters. The van der Waals surface area contributed by atoms with Crippen molar-refractivity contribution in [2.75, 3.05) is 7.11 Å². The minimum atomic E-state index is -0.315. The summed E-state index contributed by atoms with van der Waals surface area (Å²) in [6, 6.07) is 16.8. The number of aromatic nitrogens is 4. The Morgan fingerprint density at radius 3 is 2.59 bits per heavy atom. The van der Waals surface area contributed by atoms with Crippen molar-refractivity contribution in [2.24, 2.45) is 0 Å². The third kappa shape index (κ3) is 3.86. The fourth-order valence-electron chi connectivity index (χ4n) is 2.98. The van der Waals surface area contributed by atoms with Gasteiger partial charge in [-0.15, -0.1) is 0 Å². The van der Waals surface area contributed by atoms with Gasteiger partial charge in [0.25, 0.3) is 5.56 Å². The zero-order valence-corrected chi connectivity index (χ0v) is 15.8. The highest BCUT2D eigenvalue weighted by Crippen LogP contribution is 2.17. The van der Waals surface area contributed by atoms with Gasteiger partial charge in [-0.2, -0.15) is 5.10 Å². The molecule has 146 valence electrons. The lowest BCUT2D eigenvalue weighted by Gasteiger charge is -2.08. The second-order valence-electron chi connectivity index (χ2n) is 6.43. The number of nitrogens with one attached hydrogen (secondary N) is 1. The Labute approximate surface area is 166 Å². The van der Waals surface area contributed by atoms with Crippen LogP contribution in [0, 0.1) is 0 Å². The number of fused-ring (bicyclic) bond motifs is 1. The van der Waals surface area contributed by atoms with Crippen LogP contribution in [0.3, 0.4) is 0 Å². The van der Waals surface area contributed by atoms with E-state index >= 15 is 0 Å². The van der Waals surface area contributed by atoms with Gasteiger partial charge >= 0.3 is 0 Å². The van der Waals surface area contributed by atoms with Gasteiger partial charge < -0.3 is 10.1 Å². The summed E-state index contributed by atoms with van der Waals surface area (Å²) in [6.07, 6.45) is 2.84. The Hall–Kier alpha value is -3.94. The number of hydrogen-bond donors (Lipinski definition) is 1. The van der Waals surface area contributed by atoms with Gasteiger partial charge in [0.2, 0.25) is 5.91 Å². The van der Waals surface area contributed by atoms with Crippen molar-refractivity contribution >= 4 is 16.9 Å². The quantitative estimate of drug-likeness (QED) is 0.544. The van der Waals surface area contributed by atoms with E-state index in [4.69, 9.17) is 4.74 Å². The lowest BCUT2D eigenvalue weighted by Crippen LogP contribution is -2.32.